The zero-order valence-corrected chi connectivity index (χ0v) is 7.47. The molecule has 0 saturated carbocycles. The molecule has 60 valence electrons. The molecule has 1 aromatic heterocycles. The maximum atomic E-state index is 10.9. The third-order valence-electron chi connectivity index (χ3n) is 1.33. The van der Waals surface area contributed by atoms with Crippen LogP contribution in [-0.2, 0) is 7.05 Å². The molecule has 0 fully saturated rings. The van der Waals surface area contributed by atoms with Gasteiger partial charge in [-0.3, -0.25) is 4.79 Å². The fourth-order valence-electron chi connectivity index (χ4n) is 0.799. The molecular weight excluding hydrogens is 162 g/mol. The predicted octanol–water partition coefficient (Wildman–Crippen LogP) is 0.740. The Kier molecular flexibility index (Phi) is 2.28. The van der Waals surface area contributed by atoms with E-state index < -0.39 is 0 Å². The van der Waals surface area contributed by atoms with Crippen molar-refractivity contribution < 1.29 is 4.79 Å². The van der Waals surface area contributed by atoms with Crippen LogP contribution in [0.15, 0.2) is 5.16 Å². The highest BCUT2D eigenvalue weighted by molar-refractivity contribution is 7.98. The minimum atomic E-state index is -0.0553. The Bertz CT molecular complexity index is 281. The standard InChI is InChI=1S/C6H9N3OS/c1-4(10)5-7-8-6(11-3)9(5)2/h1-3H3. The number of nitrogens with zero attached hydrogens (tertiary/aromatic N) is 3. The van der Waals surface area contributed by atoms with E-state index in [0.717, 1.165) is 5.16 Å². The van der Waals surface area contributed by atoms with Crippen LogP contribution < -0.4 is 0 Å². The van der Waals surface area contributed by atoms with Crippen molar-refractivity contribution in [1.82, 2.24) is 14.8 Å². The summed E-state index contributed by atoms with van der Waals surface area (Å²) in [6.07, 6.45) is 1.90. The largest absolute Gasteiger partial charge is 0.303 e. The summed E-state index contributed by atoms with van der Waals surface area (Å²) in [5, 5.41) is 8.30. The highest BCUT2D eigenvalue weighted by Crippen LogP contribution is 2.10. The molecule has 1 rings (SSSR count). The molecule has 0 atom stereocenters. The van der Waals surface area contributed by atoms with Gasteiger partial charge in [-0.05, 0) is 6.26 Å². The third kappa shape index (κ3) is 1.42. The summed E-state index contributed by atoms with van der Waals surface area (Å²) in [6.45, 7) is 1.48. The third-order valence-corrected chi connectivity index (χ3v) is 2.05. The lowest BCUT2D eigenvalue weighted by Gasteiger charge is -1.96. The molecule has 0 aliphatic rings. The van der Waals surface area contributed by atoms with E-state index in [1.807, 2.05) is 6.26 Å². The maximum absolute atomic E-state index is 10.9. The van der Waals surface area contributed by atoms with E-state index in [0.29, 0.717) is 5.82 Å². The van der Waals surface area contributed by atoms with Gasteiger partial charge < -0.3 is 4.57 Å². The van der Waals surface area contributed by atoms with Crippen LogP contribution in [0.1, 0.15) is 17.5 Å². The number of Topliss-reactive ketones (excluding diaryl/α,β-unsaturated/α-hetero) is 1. The van der Waals surface area contributed by atoms with Gasteiger partial charge in [0.05, 0.1) is 0 Å². The van der Waals surface area contributed by atoms with Gasteiger partial charge in [-0.2, -0.15) is 0 Å². The average molecular weight is 171 g/mol. The minimum absolute atomic E-state index is 0.0553. The molecule has 11 heavy (non-hydrogen) atoms. The van der Waals surface area contributed by atoms with Crippen LogP contribution in [0.2, 0.25) is 0 Å². The fraction of sp³-hybridized carbons (Fsp3) is 0.500. The summed E-state index contributed by atoms with van der Waals surface area (Å²) in [5.74, 6) is 0.356. The Balaban J connectivity index is 3.10. The number of carbonyl (C=O) groups is 1. The molecule has 5 heteroatoms. The average Bonchev–Trinajstić information content (AvgIpc) is 2.30. The number of rotatable bonds is 2. The topological polar surface area (TPSA) is 47.8 Å². The van der Waals surface area contributed by atoms with Gasteiger partial charge in [0.15, 0.2) is 16.8 Å². The van der Waals surface area contributed by atoms with Crippen molar-refractivity contribution in [3.63, 3.8) is 0 Å². The molecule has 4 nitrogen and oxygen atoms in total. The van der Waals surface area contributed by atoms with Crippen molar-refractivity contribution in [2.24, 2.45) is 7.05 Å². The molecular formula is C6H9N3OS. The molecule has 1 heterocycles. The number of hydrogen-bond donors (Lipinski definition) is 0. The van der Waals surface area contributed by atoms with Gasteiger partial charge >= 0.3 is 0 Å². The molecule has 0 amide bonds. The Labute approximate surface area is 69.0 Å². The first-order valence-electron chi connectivity index (χ1n) is 3.11. The Morgan fingerprint density at radius 3 is 2.45 bits per heavy atom. The molecule has 0 spiro atoms. The van der Waals surface area contributed by atoms with E-state index in [2.05, 4.69) is 10.2 Å². The zero-order chi connectivity index (χ0) is 8.43. The molecule has 1 aromatic rings. The molecule has 0 saturated heterocycles. The van der Waals surface area contributed by atoms with E-state index in [1.54, 1.807) is 11.6 Å². The molecule has 0 unspecified atom stereocenters. The summed E-state index contributed by atoms with van der Waals surface area (Å²) >= 11 is 1.47. The van der Waals surface area contributed by atoms with E-state index in [4.69, 9.17) is 0 Å². The second-order valence-corrected chi connectivity index (χ2v) is 2.90. The van der Waals surface area contributed by atoms with Crippen LogP contribution in [0.4, 0.5) is 0 Å². The minimum Gasteiger partial charge on any atom is -0.303 e. The fourth-order valence-corrected chi connectivity index (χ4v) is 1.28. The first-order valence-corrected chi connectivity index (χ1v) is 4.33. The Hall–Kier alpha value is -0.840. The molecule has 0 aliphatic heterocycles. The summed E-state index contributed by atoms with van der Waals surface area (Å²) in [5.41, 5.74) is 0. The quantitative estimate of drug-likeness (QED) is 0.486. The second-order valence-electron chi connectivity index (χ2n) is 2.13. The molecule has 0 bridgehead atoms. The highest BCUT2D eigenvalue weighted by atomic mass is 32.2. The van der Waals surface area contributed by atoms with Crippen LogP contribution in [0.5, 0.6) is 0 Å². The van der Waals surface area contributed by atoms with E-state index >= 15 is 0 Å². The van der Waals surface area contributed by atoms with Crippen molar-refractivity contribution >= 4 is 17.5 Å². The van der Waals surface area contributed by atoms with Crippen LogP contribution in [0.25, 0.3) is 0 Å². The van der Waals surface area contributed by atoms with Crippen molar-refractivity contribution in [3.05, 3.63) is 5.82 Å². The van der Waals surface area contributed by atoms with Crippen LogP contribution >= 0.6 is 11.8 Å². The van der Waals surface area contributed by atoms with E-state index in [9.17, 15) is 4.79 Å². The smallest absolute Gasteiger partial charge is 0.200 e. The van der Waals surface area contributed by atoms with Gasteiger partial charge in [0.2, 0.25) is 0 Å². The molecule has 0 radical (unpaired) electrons. The zero-order valence-electron chi connectivity index (χ0n) is 6.66. The van der Waals surface area contributed by atoms with Crippen molar-refractivity contribution in [2.75, 3.05) is 6.26 Å². The van der Waals surface area contributed by atoms with E-state index in [-0.39, 0.29) is 5.78 Å². The van der Waals surface area contributed by atoms with Gasteiger partial charge in [0, 0.05) is 14.0 Å². The molecule has 0 aliphatic carbocycles. The summed E-state index contributed by atoms with van der Waals surface area (Å²) in [4.78, 5) is 10.9. The normalized spacial score (nSPS) is 10.1. The molecule has 0 aromatic carbocycles. The highest BCUT2D eigenvalue weighted by Gasteiger charge is 2.10. The summed E-state index contributed by atoms with van der Waals surface area (Å²) < 4.78 is 1.69. The Morgan fingerprint density at radius 2 is 2.18 bits per heavy atom. The summed E-state index contributed by atoms with van der Waals surface area (Å²) in [6, 6.07) is 0. The monoisotopic (exact) mass is 171 g/mol. The second kappa shape index (κ2) is 3.04. The summed E-state index contributed by atoms with van der Waals surface area (Å²) in [7, 11) is 1.78. The van der Waals surface area contributed by atoms with Crippen molar-refractivity contribution in [3.8, 4) is 0 Å². The number of hydrogen-bond acceptors (Lipinski definition) is 4. The lowest BCUT2D eigenvalue weighted by atomic mass is 10.4. The van der Waals surface area contributed by atoms with Crippen LogP contribution in [0, 0.1) is 0 Å². The van der Waals surface area contributed by atoms with Gasteiger partial charge in [-0.25, -0.2) is 0 Å². The number of thioether (sulfide) groups is 1. The van der Waals surface area contributed by atoms with Crippen LogP contribution in [-0.4, -0.2) is 26.8 Å². The Morgan fingerprint density at radius 1 is 1.55 bits per heavy atom. The maximum Gasteiger partial charge on any atom is 0.200 e. The SMILES string of the molecule is CSc1nnc(C(C)=O)n1C. The lowest BCUT2D eigenvalue weighted by Crippen LogP contribution is -2.03. The predicted molar refractivity (Wildman–Crippen MR) is 42.8 cm³/mol. The van der Waals surface area contributed by atoms with Crippen molar-refractivity contribution in [2.45, 2.75) is 12.1 Å². The van der Waals surface area contributed by atoms with Gasteiger partial charge in [-0.15, -0.1) is 10.2 Å². The number of carbonyl (C=O) groups excluding carboxylic acids is 1. The van der Waals surface area contributed by atoms with Crippen LogP contribution in [0.3, 0.4) is 0 Å². The first-order chi connectivity index (χ1) is 5.16. The first kappa shape index (κ1) is 8.26. The van der Waals surface area contributed by atoms with Gasteiger partial charge in [-0.1, -0.05) is 11.8 Å². The lowest BCUT2D eigenvalue weighted by molar-refractivity contribution is 0.1000. The van der Waals surface area contributed by atoms with E-state index in [1.165, 1.54) is 18.7 Å². The van der Waals surface area contributed by atoms with Gasteiger partial charge in [0.25, 0.3) is 0 Å². The molecule has 0 N–H and O–H groups in total. The van der Waals surface area contributed by atoms with Crippen molar-refractivity contribution in [1.29, 1.82) is 0 Å². The number of ketones is 1. The van der Waals surface area contributed by atoms with Gasteiger partial charge in [0.1, 0.15) is 0 Å². The number of aromatic nitrogens is 3.